The van der Waals surface area contributed by atoms with Crippen LogP contribution in [-0.4, -0.2) is 34.8 Å². The van der Waals surface area contributed by atoms with Crippen molar-refractivity contribution < 1.29 is 5.11 Å². The molecule has 0 aliphatic carbocycles. The number of rotatable bonds is 7. The molecule has 5 heteroatoms. The van der Waals surface area contributed by atoms with Crippen molar-refractivity contribution in [2.45, 2.75) is 26.3 Å². The van der Waals surface area contributed by atoms with Gasteiger partial charge in [-0.05, 0) is 0 Å². The second-order valence-corrected chi connectivity index (χ2v) is 4.38. The molecule has 3 N–H and O–H groups in total. The van der Waals surface area contributed by atoms with E-state index in [2.05, 4.69) is 16.5 Å². The van der Waals surface area contributed by atoms with Crippen molar-refractivity contribution in [2.24, 2.45) is 5.73 Å². The third-order valence-corrected chi connectivity index (χ3v) is 2.63. The van der Waals surface area contributed by atoms with E-state index in [-0.39, 0.29) is 12.5 Å². The molecule has 1 heterocycles. The molecule has 0 saturated carbocycles. The summed E-state index contributed by atoms with van der Waals surface area (Å²) in [6.07, 6.45) is 3.57. The lowest BCUT2D eigenvalue weighted by atomic mass is 10.2. The lowest BCUT2D eigenvalue weighted by molar-refractivity contribution is 0.303. The normalized spacial score (nSPS) is 10.7. The summed E-state index contributed by atoms with van der Waals surface area (Å²) in [4.78, 5) is 10.8. The first-order chi connectivity index (χ1) is 8.63. The van der Waals surface area contributed by atoms with Crippen LogP contribution in [0.1, 0.15) is 31.3 Å². The van der Waals surface area contributed by atoms with Gasteiger partial charge in [0.25, 0.3) is 0 Å². The molecule has 0 amide bonds. The van der Waals surface area contributed by atoms with Gasteiger partial charge < -0.3 is 15.7 Å². The van der Waals surface area contributed by atoms with E-state index >= 15 is 0 Å². The SMILES string of the molecule is C=CCN(CCO)c1cnc(C(C)C)nc1CN. The van der Waals surface area contributed by atoms with E-state index in [1.54, 1.807) is 12.3 Å². The molecule has 0 fully saturated rings. The fraction of sp³-hybridized carbons (Fsp3) is 0.538. The Balaban J connectivity index is 3.08. The van der Waals surface area contributed by atoms with Crippen LogP contribution in [0.4, 0.5) is 5.69 Å². The molecule has 0 aliphatic rings. The van der Waals surface area contributed by atoms with Gasteiger partial charge in [0, 0.05) is 25.6 Å². The van der Waals surface area contributed by atoms with Crippen LogP contribution in [-0.2, 0) is 6.54 Å². The highest BCUT2D eigenvalue weighted by Gasteiger charge is 2.13. The Labute approximate surface area is 108 Å². The van der Waals surface area contributed by atoms with E-state index in [1.807, 2.05) is 18.7 Å². The molecule has 0 aliphatic heterocycles. The number of aliphatic hydroxyl groups excluding tert-OH is 1. The molecule has 0 aromatic carbocycles. The Morgan fingerprint density at radius 2 is 2.28 bits per heavy atom. The van der Waals surface area contributed by atoms with Crippen molar-refractivity contribution in [3.63, 3.8) is 0 Å². The lowest BCUT2D eigenvalue weighted by Gasteiger charge is -2.24. The summed E-state index contributed by atoms with van der Waals surface area (Å²) in [6, 6.07) is 0. The molecular weight excluding hydrogens is 228 g/mol. The van der Waals surface area contributed by atoms with E-state index in [0.717, 1.165) is 17.2 Å². The van der Waals surface area contributed by atoms with Crippen molar-refractivity contribution in [3.8, 4) is 0 Å². The van der Waals surface area contributed by atoms with Gasteiger partial charge in [-0.3, -0.25) is 0 Å². The van der Waals surface area contributed by atoms with Crippen molar-refractivity contribution in [1.29, 1.82) is 0 Å². The standard InChI is InChI=1S/C13H22N4O/c1-4-5-17(6-7-18)12-9-15-13(10(2)3)16-11(12)8-14/h4,9-10,18H,1,5-8,14H2,2-3H3. The Bertz CT molecular complexity index is 393. The van der Waals surface area contributed by atoms with Crippen molar-refractivity contribution in [2.75, 3.05) is 24.6 Å². The van der Waals surface area contributed by atoms with E-state index in [4.69, 9.17) is 10.8 Å². The van der Waals surface area contributed by atoms with Crippen LogP contribution in [0.2, 0.25) is 0 Å². The molecule has 0 saturated heterocycles. The number of aromatic nitrogens is 2. The summed E-state index contributed by atoms with van der Waals surface area (Å²) in [5, 5.41) is 9.08. The van der Waals surface area contributed by atoms with Crippen LogP contribution in [0.3, 0.4) is 0 Å². The predicted octanol–water partition coefficient (Wildman–Crippen LogP) is 1.04. The third kappa shape index (κ3) is 3.51. The van der Waals surface area contributed by atoms with Gasteiger partial charge in [0.15, 0.2) is 0 Å². The largest absolute Gasteiger partial charge is 0.395 e. The molecule has 0 atom stereocenters. The van der Waals surface area contributed by atoms with Gasteiger partial charge in [-0.15, -0.1) is 6.58 Å². The minimum absolute atomic E-state index is 0.0732. The van der Waals surface area contributed by atoms with Gasteiger partial charge in [-0.2, -0.15) is 0 Å². The zero-order chi connectivity index (χ0) is 13.5. The van der Waals surface area contributed by atoms with Crippen LogP contribution in [0, 0.1) is 0 Å². The molecule has 0 radical (unpaired) electrons. The van der Waals surface area contributed by atoms with Crippen LogP contribution < -0.4 is 10.6 Å². The minimum atomic E-state index is 0.0732. The summed E-state index contributed by atoms with van der Waals surface area (Å²) < 4.78 is 0. The molecular formula is C13H22N4O. The minimum Gasteiger partial charge on any atom is -0.395 e. The van der Waals surface area contributed by atoms with Gasteiger partial charge in [-0.25, -0.2) is 9.97 Å². The van der Waals surface area contributed by atoms with Crippen LogP contribution in [0.25, 0.3) is 0 Å². The number of hydrogen-bond acceptors (Lipinski definition) is 5. The zero-order valence-corrected chi connectivity index (χ0v) is 11.1. The number of hydrogen-bond donors (Lipinski definition) is 2. The summed E-state index contributed by atoms with van der Waals surface area (Å²) in [5.41, 5.74) is 7.42. The fourth-order valence-electron chi connectivity index (χ4n) is 1.71. The Kier molecular flexibility index (Phi) is 5.74. The van der Waals surface area contributed by atoms with Crippen LogP contribution >= 0.6 is 0 Å². The monoisotopic (exact) mass is 250 g/mol. The van der Waals surface area contributed by atoms with E-state index in [1.165, 1.54) is 0 Å². The zero-order valence-electron chi connectivity index (χ0n) is 11.1. The molecule has 1 aromatic rings. The smallest absolute Gasteiger partial charge is 0.131 e. The van der Waals surface area contributed by atoms with Gasteiger partial charge in [0.2, 0.25) is 0 Å². The number of anilines is 1. The van der Waals surface area contributed by atoms with Crippen molar-refractivity contribution in [1.82, 2.24) is 9.97 Å². The number of nitrogens with zero attached hydrogens (tertiary/aromatic N) is 3. The average Bonchev–Trinajstić information content (AvgIpc) is 2.37. The molecule has 0 bridgehead atoms. The lowest BCUT2D eigenvalue weighted by Crippen LogP contribution is -2.29. The Morgan fingerprint density at radius 1 is 1.56 bits per heavy atom. The Hall–Kier alpha value is -1.46. The van der Waals surface area contributed by atoms with Gasteiger partial charge >= 0.3 is 0 Å². The highest BCUT2D eigenvalue weighted by Crippen LogP contribution is 2.19. The molecule has 100 valence electrons. The number of aliphatic hydroxyl groups is 1. The fourth-order valence-corrected chi connectivity index (χ4v) is 1.71. The number of nitrogens with two attached hydrogens (primary N) is 1. The van der Waals surface area contributed by atoms with Crippen molar-refractivity contribution >= 4 is 5.69 Å². The highest BCUT2D eigenvalue weighted by molar-refractivity contribution is 5.49. The molecule has 0 spiro atoms. The molecule has 0 unspecified atom stereocenters. The van der Waals surface area contributed by atoms with E-state index < -0.39 is 0 Å². The molecule has 1 aromatic heterocycles. The summed E-state index contributed by atoms with van der Waals surface area (Å²) in [6.45, 7) is 9.39. The molecule has 1 rings (SSSR count). The summed E-state index contributed by atoms with van der Waals surface area (Å²) >= 11 is 0. The maximum atomic E-state index is 9.08. The van der Waals surface area contributed by atoms with Crippen LogP contribution in [0.5, 0.6) is 0 Å². The summed E-state index contributed by atoms with van der Waals surface area (Å²) in [7, 11) is 0. The first-order valence-electron chi connectivity index (χ1n) is 6.16. The third-order valence-electron chi connectivity index (χ3n) is 2.63. The van der Waals surface area contributed by atoms with Crippen molar-refractivity contribution in [3.05, 3.63) is 30.4 Å². The maximum absolute atomic E-state index is 9.08. The molecule has 18 heavy (non-hydrogen) atoms. The highest BCUT2D eigenvalue weighted by atomic mass is 16.3. The van der Waals surface area contributed by atoms with E-state index in [0.29, 0.717) is 19.6 Å². The average molecular weight is 250 g/mol. The second-order valence-electron chi connectivity index (χ2n) is 4.38. The van der Waals surface area contributed by atoms with Gasteiger partial charge in [0.05, 0.1) is 24.2 Å². The van der Waals surface area contributed by atoms with Gasteiger partial charge in [0.1, 0.15) is 5.82 Å². The molecule has 5 nitrogen and oxygen atoms in total. The first-order valence-corrected chi connectivity index (χ1v) is 6.16. The van der Waals surface area contributed by atoms with Gasteiger partial charge in [-0.1, -0.05) is 19.9 Å². The summed E-state index contributed by atoms with van der Waals surface area (Å²) in [5.74, 6) is 1.07. The Morgan fingerprint density at radius 3 is 2.78 bits per heavy atom. The van der Waals surface area contributed by atoms with Crippen LogP contribution in [0.15, 0.2) is 18.9 Å². The predicted molar refractivity (Wildman–Crippen MR) is 73.5 cm³/mol. The topological polar surface area (TPSA) is 75.3 Å². The quantitative estimate of drug-likeness (QED) is 0.707. The van der Waals surface area contributed by atoms with E-state index in [9.17, 15) is 0 Å². The maximum Gasteiger partial charge on any atom is 0.131 e. The first kappa shape index (κ1) is 14.6. The second kappa shape index (κ2) is 7.08.